The summed E-state index contributed by atoms with van der Waals surface area (Å²) in [5.74, 6) is -0.471. The Balaban J connectivity index is 1.39. The highest BCUT2D eigenvalue weighted by atomic mass is 19.1. The van der Waals surface area contributed by atoms with E-state index < -0.39 is 0 Å². The number of carbonyl (C=O) groups excluding carboxylic acids is 3. The van der Waals surface area contributed by atoms with E-state index in [9.17, 15) is 18.8 Å². The smallest absolute Gasteiger partial charge is 0.254 e. The Morgan fingerprint density at radius 3 is 2.21 bits per heavy atom. The number of methoxy groups -OCH3 is 1. The van der Waals surface area contributed by atoms with Crippen molar-refractivity contribution in [2.45, 2.75) is 25.4 Å². The molecule has 3 amide bonds. The van der Waals surface area contributed by atoms with Crippen molar-refractivity contribution in [3.63, 3.8) is 0 Å². The van der Waals surface area contributed by atoms with E-state index in [-0.39, 0.29) is 36.2 Å². The van der Waals surface area contributed by atoms with Crippen molar-refractivity contribution in [3.8, 4) is 11.1 Å². The molecule has 0 radical (unpaired) electrons. The third-order valence-corrected chi connectivity index (χ3v) is 6.48. The highest BCUT2D eigenvalue weighted by Crippen LogP contribution is 2.21. The second-order valence-corrected chi connectivity index (χ2v) is 8.81. The maximum Gasteiger partial charge on any atom is 0.254 e. The molecular weight excluding hydrogens is 437 g/mol. The molecule has 0 saturated carbocycles. The van der Waals surface area contributed by atoms with Crippen LogP contribution in [0.3, 0.4) is 0 Å². The molecule has 0 spiro atoms. The van der Waals surface area contributed by atoms with E-state index in [0.29, 0.717) is 44.6 Å². The van der Waals surface area contributed by atoms with Gasteiger partial charge in [0.2, 0.25) is 11.8 Å². The van der Waals surface area contributed by atoms with E-state index in [1.807, 2.05) is 17.0 Å². The van der Waals surface area contributed by atoms with Crippen LogP contribution in [0.5, 0.6) is 0 Å². The predicted molar refractivity (Wildman–Crippen MR) is 126 cm³/mol. The van der Waals surface area contributed by atoms with Crippen molar-refractivity contribution in [1.82, 2.24) is 14.7 Å². The first kappa shape index (κ1) is 23.9. The third kappa shape index (κ3) is 5.62. The Kier molecular flexibility index (Phi) is 7.57. The minimum absolute atomic E-state index is 0.0128. The van der Waals surface area contributed by atoms with Gasteiger partial charge in [0.05, 0.1) is 6.10 Å². The van der Waals surface area contributed by atoms with Crippen LogP contribution in [0.15, 0.2) is 48.5 Å². The molecule has 180 valence electrons. The van der Waals surface area contributed by atoms with Gasteiger partial charge in [-0.15, -0.1) is 0 Å². The zero-order valence-electron chi connectivity index (χ0n) is 19.4. The van der Waals surface area contributed by atoms with Crippen molar-refractivity contribution in [1.29, 1.82) is 0 Å². The molecule has 7 nitrogen and oxygen atoms in total. The van der Waals surface area contributed by atoms with E-state index in [1.165, 1.54) is 17.0 Å². The lowest BCUT2D eigenvalue weighted by Crippen LogP contribution is -2.40. The van der Waals surface area contributed by atoms with Crippen LogP contribution in [0.1, 0.15) is 29.6 Å². The van der Waals surface area contributed by atoms with Crippen LogP contribution in [0.2, 0.25) is 0 Å². The van der Waals surface area contributed by atoms with Gasteiger partial charge in [-0.25, -0.2) is 4.39 Å². The number of rotatable bonds is 7. The fourth-order valence-electron chi connectivity index (χ4n) is 4.52. The van der Waals surface area contributed by atoms with Crippen LogP contribution < -0.4 is 0 Å². The molecule has 0 N–H and O–H groups in total. The van der Waals surface area contributed by atoms with Gasteiger partial charge in [0, 0.05) is 51.8 Å². The number of benzene rings is 2. The summed E-state index contributed by atoms with van der Waals surface area (Å²) in [7, 11) is 1.59. The molecule has 2 heterocycles. The summed E-state index contributed by atoms with van der Waals surface area (Å²) in [6.45, 7) is 2.68. The zero-order chi connectivity index (χ0) is 24.1. The van der Waals surface area contributed by atoms with Crippen LogP contribution in [-0.2, 0) is 14.3 Å². The van der Waals surface area contributed by atoms with Gasteiger partial charge in [-0.05, 0) is 48.2 Å². The second-order valence-electron chi connectivity index (χ2n) is 8.81. The fourth-order valence-corrected chi connectivity index (χ4v) is 4.52. The van der Waals surface area contributed by atoms with E-state index in [2.05, 4.69) is 0 Å². The first-order valence-electron chi connectivity index (χ1n) is 11.7. The molecule has 4 rings (SSSR count). The highest BCUT2D eigenvalue weighted by molar-refractivity contribution is 5.97. The zero-order valence-corrected chi connectivity index (χ0v) is 19.4. The minimum Gasteiger partial charge on any atom is -0.378 e. The number of hydrogen-bond acceptors (Lipinski definition) is 4. The van der Waals surface area contributed by atoms with E-state index >= 15 is 0 Å². The Labute approximate surface area is 199 Å². The Bertz CT molecular complexity index is 1030. The number of carbonyl (C=O) groups is 3. The number of ether oxygens (including phenoxy) is 1. The van der Waals surface area contributed by atoms with Crippen molar-refractivity contribution in [2.24, 2.45) is 0 Å². The summed E-state index contributed by atoms with van der Waals surface area (Å²) in [5.41, 5.74) is 2.21. The molecule has 2 aliphatic rings. The molecule has 2 fully saturated rings. The molecule has 8 heteroatoms. The molecule has 2 aromatic carbocycles. The van der Waals surface area contributed by atoms with Gasteiger partial charge >= 0.3 is 0 Å². The average molecular weight is 468 g/mol. The van der Waals surface area contributed by atoms with Gasteiger partial charge in [-0.2, -0.15) is 0 Å². The number of hydrogen-bond donors (Lipinski definition) is 0. The van der Waals surface area contributed by atoms with Crippen LogP contribution in [0, 0.1) is 5.82 Å². The van der Waals surface area contributed by atoms with Crippen LogP contribution in [0.4, 0.5) is 4.39 Å². The fraction of sp³-hybridized carbons (Fsp3) is 0.423. The van der Waals surface area contributed by atoms with Crippen molar-refractivity contribution in [3.05, 3.63) is 59.9 Å². The summed E-state index contributed by atoms with van der Waals surface area (Å²) < 4.78 is 18.7. The molecule has 34 heavy (non-hydrogen) atoms. The van der Waals surface area contributed by atoms with Gasteiger partial charge in [-0.3, -0.25) is 14.4 Å². The monoisotopic (exact) mass is 467 g/mol. The Hall–Kier alpha value is -3.26. The molecule has 0 aliphatic carbocycles. The normalized spacial score (nSPS) is 19.0. The Morgan fingerprint density at radius 1 is 0.941 bits per heavy atom. The lowest BCUT2D eigenvalue weighted by molar-refractivity contribution is -0.131. The highest BCUT2D eigenvalue weighted by Gasteiger charge is 2.31. The summed E-state index contributed by atoms with van der Waals surface area (Å²) in [6, 6.07) is 13.3. The quantitative estimate of drug-likeness (QED) is 0.628. The number of amides is 3. The summed E-state index contributed by atoms with van der Waals surface area (Å²) in [5, 5.41) is 0. The summed E-state index contributed by atoms with van der Waals surface area (Å²) in [4.78, 5) is 43.1. The molecule has 2 saturated heterocycles. The number of halogens is 1. The van der Waals surface area contributed by atoms with Gasteiger partial charge in [0.15, 0.2) is 0 Å². The average Bonchev–Trinajstić information content (AvgIpc) is 3.18. The van der Waals surface area contributed by atoms with E-state index in [1.54, 1.807) is 36.3 Å². The molecule has 1 unspecified atom stereocenters. The SMILES string of the molecule is COC1CN(CCCN2CCCC2=O)C(=O)CN(C(=O)c2ccc(-c3ccc(F)cc3)cc2)C1. The van der Waals surface area contributed by atoms with Crippen molar-refractivity contribution >= 4 is 17.7 Å². The standard InChI is InChI=1S/C26H30FN3O4/c1-34-23-16-29(15-3-14-28-13-2-4-24(28)31)25(32)18-30(17-23)26(33)21-7-5-19(6-8-21)20-9-11-22(27)12-10-20/h5-12,23H,2-4,13-18H2,1H3. The lowest BCUT2D eigenvalue weighted by atomic mass is 10.0. The number of likely N-dealkylation sites (tertiary alicyclic amines) is 1. The first-order chi connectivity index (χ1) is 16.4. The van der Waals surface area contributed by atoms with Crippen LogP contribution in [-0.4, -0.2) is 84.9 Å². The van der Waals surface area contributed by atoms with Crippen LogP contribution in [0.25, 0.3) is 11.1 Å². The predicted octanol–water partition coefficient (Wildman–Crippen LogP) is 2.80. The summed E-state index contributed by atoms with van der Waals surface area (Å²) in [6.07, 6.45) is 1.92. The summed E-state index contributed by atoms with van der Waals surface area (Å²) >= 11 is 0. The molecule has 1 atom stereocenters. The van der Waals surface area contributed by atoms with Crippen molar-refractivity contribution < 1.29 is 23.5 Å². The molecule has 0 bridgehead atoms. The largest absolute Gasteiger partial charge is 0.378 e. The van der Waals surface area contributed by atoms with Crippen LogP contribution >= 0.6 is 0 Å². The van der Waals surface area contributed by atoms with Crippen molar-refractivity contribution in [2.75, 3.05) is 46.4 Å². The second kappa shape index (κ2) is 10.8. The maximum atomic E-state index is 13.2. The first-order valence-corrected chi connectivity index (χ1v) is 11.7. The Morgan fingerprint density at radius 2 is 1.59 bits per heavy atom. The number of nitrogens with zero attached hydrogens (tertiary/aromatic N) is 3. The molecular formula is C26H30FN3O4. The van der Waals surface area contributed by atoms with Gasteiger partial charge in [-0.1, -0.05) is 24.3 Å². The molecule has 2 aliphatic heterocycles. The molecule has 2 aromatic rings. The lowest BCUT2D eigenvalue weighted by Gasteiger charge is -2.24. The van der Waals surface area contributed by atoms with E-state index in [0.717, 1.165) is 24.1 Å². The van der Waals surface area contributed by atoms with Gasteiger partial charge < -0.3 is 19.4 Å². The van der Waals surface area contributed by atoms with E-state index in [4.69, 9.17) is 4.74 Å². The van der Waals surface area contributed by atoms with Gasteiger partial charge in [0.25, 0.3) is 5.91 Å². The topological polar surface area (TPSA) is 70.2 Å². The minimum atomic E-state index is -0.298. The maximum absolute atomic E-state index is 13.2. The third-order valence-electron chi connectivity index (χ3n) is 6.48. The molecule has 0 aromatic heterocycles. The van der Waals surface area contributed by atoms with Gasteiger partial charge in [0.1, 0.15) is 12.4 Å².